The van der Waals surface area contributed by atoms with Gasteiger partial charge in [-0.2, -0.15) is 0 Å². The van der Waals surface area contributed by atoms with Crippen LogP contribution in [-0.2, 0) is 9.53 Å². The van der Waals surface area contributed by atoms with Gasteiger partial charge in [-0.1, -0.05) is 0 Å². The van der Waals surface area contributed by atoms with Gasteiger partial charge in [-0.3, -0.25) is 4.79 Å². The fourth-order valence-corrected chi connectivity index (χ4v) is 3.61. The average molecular weight is 238 g/mol. The highest BCUT2D eigenvalue weighted by Gasteiger charge is 2.49. The van der Waals surface area contributed by atoms with Gasteiger partial charge in [0, 0.05) is 38.1 Å². The first kappa shape index (κ1) is 11.5. The van der Waals surface area contributed by atoms with Crippen molar-refractivity contribution in [3.05, 3.63) is 0 Å². The highest BCUT2D eigenvalue weighted by molar-refractivity contribution is 5.79. The minimum absolute atomic E-state index is 0.234. The first-order chi connectivity index (χ1) is 8.29. The second kappa shape index (κ2) is 4.58. The lowest BCUT2D eigenvalue weighted by Crippen LogP contribution is -2.61. The summed E-state index contributed by atoms with van der Waals surface area (Å²) in [6.07, 6.45) is 2.71. The number of carbonyl (C=O) groups is 1. The van der Waals surface area contributed by atoms with Crippen LogP contribution in [0.25, 0.3) is 0 Å². The Balaban J connectivity index is 1.56. The largest absolute Gasteiger partial charge is 0.378 e. The summed E-state index contributed by atoms with van der Waals surface area (Å²) in [5, 5.41) is 3.27. The van der Waals surface area contributed by atoms with Crippen molar-refractivity contribution in [2.75, 3.05) is 32.8 Å². The van der Waals surface area contributed by atoms with Crippen LogP contribution in [0.4, 0.5) is 0 Å². The van der Waals surface area contributed by atoms with Gasteiger partial charge in [-0.05, 0) is 26.3 Å². The molecule has 4 aliphatic rings. The summed E-state index contributed by atoms with van der Waals surface area (Å²) in [6, 6.07) is 0. The lowest BCUT2D eigenvalue weighted by Gasteiger charge is -2.53. The number of ether oxygens (including phenoxy) is 1. The molecule has 3 saturated heterocycles. The molecule has 1 saturated carbocycles. The molecule has 4 fully saturated rings. The van der Waals surface area contributed by atoms with Crippen molar-refractivity contribution in [3.8, 4) is 0 Å². The van der Waals surface area contributed by atoms with E-state index in [1.54, 1.807) is 0 Å². The summed E-state index contributed by atoms with van der Waals surface area (Å²) in [4.78, 5) is 14.4. The first-order valence-corrected chi connectivity index (χ1v) is 6.90. The second-order valence-corrected chi connectivity index (χ2v) is 5.61. The monoisotopic (exact) mass is 238 g/mol. The molecule has 2 bridgehead atoms. The molecule has 0 aromatic heterocycles. The predicted molar refractivity (Wildman–Crippen MR) is 64.6 cm³/mol. The molecule has 96 valence electrons. The predicted octanol–water partition coefficient (Wildman–Crippen LogP) is 0.479. The van der Waals surface area contributed by atoms with Crippen LogP contribution in [0.5, 0.6) is 0 Å². The van der Waals surface area contributed by atoms with Crippen LogP contribution in [0.15, 0.2) is 0 Å². The third-order valence-electron chi connectivity index (χ3n) is 4.52. The van der Waals surface area contributed by atoms with Crippen LogP contribution >= 0.6 is 0 Å². The zero-order valence-electron chi connectivity index (χ0n) is 10.5. The number of carbonyl (C=O) groups excluding carboxylic acids is 1. The lowest BCUT2D eigenvalue weighted by molar-refractivity contribution is -0.163. The van der Waals surface area contributed by atoms with Crippen molar-refractivity contribution in [3.63, 3.8) is 0 Å². The van der Waals surface area contributed by atoms with E-state index in [1.807, 2.05) is 0 Å². The van der Waals surface area contributed by atoms with Crippen molar-refractivity contribution in [2.24, 2.45) is 17.8 Å². The fourth-order valence-electron chi connectivity index (χ4n) is 3.61. The SMILES string of the molecule is CCOC1[C@H]2C[C@H]1CN(C(=O)[C@H]1CCNC1)C2. The Hall–Kier alpha value is -0.610. The normalized spacial score (nSPS) is 40.2. The standard InChI is InChI=1S/C13H22N2O2/c1-2-17-12-10-5-11(12)8-15(7-10)13(16)9-3-4-14-6-9/h9-12,14H,2-8H2,1H3/t9-,10-,11-/m0/s1. The maximum atomic E-state index is 12.3. The maximum Gasteiger partial charge on any atom is 0.227 e. The van der Waals surface area contributed by atoms with E-state index in [2.05, 4.69) is 17.1 Å². The number of rotatable bonds is 3. The van der Waals surface area contributed by atoms with Gasteiger partial charge in [0.2, 0.25) is 5.91 Å². The molecule has 3 aliphatic heterocycles. The number of hydrogen-bond acceptors (Lipinski definition) is 3. The Morgan fingerprint density at radius 3 is 2.76 bits per heavy atom. The molecule has 1 amide bonds. The number of amides is 1. The van der Waals surface area contributed by atoms with Crippen molar-refractivity contribution >= 4 is 5.91 Å². The van der Waals surface area contributed by atoms with Gasteiger partial charge in [0.25, 0.3) is 0 Å². The Kier molecular flexibility index (Phi) is 3.09. The van der Waals surface area contributed by atoms with Crippen molar-refractivity contribution < 1.29 is 9.53 Å². The molecule has 3 atom stereocenters. The van der Waals surface area contributed by atoms with E-state index in [1.165, 1.54) is 6.42 Å². The van der Waals surface area contributed by atoms with Crippen LogP contribution < -0.4 is 5.32 Å². The summed E-state index contributed by atoms with van der Waals surface area (Å²) < 4.78 is 5.75. The van der Waals surface area contributed by atoms with E-state index < -0.39 is 0 Å². The zero-order chi connectivity index (χ0) is 11.8. The summed E-state index contributed by atoms with van der Waals surface area (Å²) in [5.74, 6) is 1.82. The van der Waals surface area contributed by atoms with Crippen LogP contribution in [0.3, 0.4) is 0 Å². The van der Waals surface area contributed by atoms with E-state index in [0.717, 1.165) is 39.2 Å². The molecule has 1 aliphatic carbocycles. The molecular formula is C13H22N2O2. The molecule has 4 heteroatoms. The Bertz CT molecular complexity index is 290. The molecule has 3 heterocycles. The molecule has 1 N–H and O–H groups in total. The molecule has 0 spiro atoms. The van der Waals surface area contributed by atoms with Crippen LogP contribution in [0, 0.1) is 17.8 Å². The second-order valence-electron chi connectivity index (χ2n) is 5.61. The lowest BCUT2D eigenvalue weighted by atomic mass is 9.68. The summed E-state index contributed by atoms with van der Waals surface area (Å²) in [6.45, 7) is 6.59. The highest BCUT2D eigenvalue weighted by atomic mass is 16.5. The topological polar surface area (TPSA) is 41.6 Å². The average Bonchev–Trinajstić information content (AvgIpc) is 2.89. The van der Waals surface area contributed by atoms with Gasteiger partial charge in [0.15, 0.2) is 0 Å². The van der Waals surface area contributed by atoms with Gasteiger partial charge in [-0.25, -0.2) is 0 Å². The van der Waals surface area contributed by atoms with Crippen LogP contribution in [-0.4, -0.2) is 49.7 Å². The van der Waals surface area contributed by atoms with Gasteiger partial charge in [0.1, 0.15) is 0 Å². The first-order valence-electron chi connectivity index (χ1n) is 6.90. The quantitative estimate of drug-likeness (QED) is 0.777. The molecule has 0 aromatic carbocycles. The van der Waals surface area contributed by atoms with Gasteiger partial charge >= 0.3 is 0 Å². The van der Waals surface area contributed by atoms with E-state index >= 15 is 0 Å². The smallest absolute Gasteiger partial charge is 0.227 e. The van der Waals surface area contributed by atoms with Crippen molar-refractivity contribution in [1.29, 1.82) is 0 Å². The molecule has 4 rings (SSSR count). The van der Waals surface area contributed by atoms with Crippen molar-refractivity contribution in [1.82, 2.24) is 10.2 Å². The summed E-state index contributed by atoms with van der Waals surface area (Å²) in [7, 11) is 0. The third-order valence-corrected chi connectivity index (χ3v) is 4.52. The minimum atomic E-state index is 0.234. The Morgan fingerprint density at radius 2 is 2.18 bits per heavy atom. The van der Waals surface area contributed by atoms with E-state index in [9.17, 15) is 4.79 Å². The fraction of sp³-hybridized carbons (Fsp3) is 0.923. The molecule has 4 nitrogen and oxygen atoms in total. The molecule has 0 unspecified atom stereocenters. The number of nitrogens with one attached hydrogen (secondary N) is 1. The number of nitrogens with zero attached hydrogens (tertiary/aromatic N) is 1. The van der Waals surface area contributed by atoms with Crippen LogP contribution in [0.2, 0.25) is 0 Å². The Morgan fingerprint density at radius 1 is 1.41 bits per heavy atom. The van der Waals surface area contributed by atoms with E-state index in [0.29, 0.717) is 23.8 Å². The number of piperidine rings is 2. The molecule has 17 heavy (non-hydrogen) atoms. The molecular weight excluding hydrogens is 216 g/mol. The minimum Gasteiger partial charge on any atom is -0.378 e. The molecule has 0 aromatic rings. The van der Waals surface area contributed by atoms with Gasteiger partial charge < -0.3 is 15.0 Å². The maximum absolute atomic E-state index is 12.3. The Labute approximate surface area is 103 Å². The van der Waals surface area contributed by atoms with E-state index in [4.69, 9.17) is 4.74 Å². The van der Waals surface area contributed by atoms with Crippen LogP contribution in [0.1, 0.15) is 19.8 Å². The highest BCUT2D eigenvalue weighted by Crippen LogP contribution is 2.42. The van der Waals surface area contributed by atoms with Crippen molar-refractivity contribution in [2.45, 2.75) is 25.9 Å². The van der Waals surface area contributed by atoms with Gasteiger partial charge in [-0.15, -0.1) is 0 Å². The third kappa shape index (κ3) is 1.97. The summed E-state index contributed by atoms with van der Waals surface area (Å²) >= 11 is 0. The van der Waals surface area contributed by atoms with E-state index in [-0.39, 0.29) is 5.92 Å². The number of hydrogen-bond donors (Lipinski definition) is 1. The summed E-state index contributed by atoms with van der Waals surface area (Å²) in [5.41, 5.74) is 0. The number of fused-ring (bicyclic) bond motifs is 2. The molecule has 0 radical (unpaired) electrons. The van der Waals surface area contributed by atoms with Gasteiger partial charge in [0.05, 0.1) is 12.0 Å². The zero-order valence-corrected chi connectivity index (χ0v) is 10.5.